The summed E-state index contributed by atoms with van der Waals surface area (Å²) in [6.45, 7) is 10.8. The smallest absolute Gasteiger partial charge is 0.0209 e. The van der Waals surface area contributed by atoms with Gasteiger partial charge in [-0.25, -0.2) is 0 Å². The van der Waals surface area contributed by atoms with Gasteiger partial charge in [0.15, 0.2) is 0 Å². The predicted molar refractivity (Wildman–Crippen MR) is 45.9 cm³/mol. The van der Waals surface area contributed by atoms with Crippen molar-refractivity contribution in [2.45, 2.75) is 33.6 Å². The van der Waals surface area contributed by atoms with Crippen molar-refractivity contribution in [3.8, 4) is 0 Å². The van der Waals surface area contributed by atoms with E-state index in [1.165, 1.54) is 18.4 Å². The molecule has 0 aromatic rings. The van der Waals surface area contributed by atoms with E-state index in [9.17, 15) is 0 Å². The molecule has 0 aromatic heterocycles. The van der Waals surface area contributed by atoms with Gasteiger partial charge in [0.25, 0.3) is 0 Å². The molecule has 0 amide bonds. The third kappa shape index (κ3) is 1.42. The molecule has 0 spiro atoms. The average molecular weight is 138 g/mol. The van der Waals surface area contributed by atoms with Crippen LogP contribution in [-0.4, -0.2) is 0 Å². The summed E-state index contributed by atoms with van der Waals surface area (Å²) in [5.74, 6) is 2.69. The second kappa shape index (κ2) is 2.77. The molecule has 0 heterocycles. The van der Waals surface area contributed by atoms with Gasteiger partial charge in [0.2, 0.25) is 0 Å². The maximum Gasteiger partial charge on any atom is -0.0209 e. The molecule has 0 aromatic carbocycles. The Bertz CT molecular complexity index is 129. The molecule has 1 aliphatic rings. The molecule has 1 aliphatic carbocycles. The van der Waals surface area contributed by atoms with E-state index in [1.54, 1.807) is 0 Å². The normalized spacial score (nSPS) is 34.7. The maximum atomic E-state index is 3.98. The first-order valence-corrected chi connectivity index (χ1v) is 4.26. The fraction of sp³-hybridized carbons (Fsp3) is 0.800. The van der Waals surface area contributed by atoms with E-state index >= 15 is 0 Å². The lowest BCUT2D eigenvalue weighted by Gasteiger charge is -2.37. The van der Waals surface area contributed by atoms with Crippen molar-refractivity contribution in [2.75, 3.05) is 0 Å². The first-order chi connectivity index (χ1) is 4.61. The molecule has 58 valence electrons. The molecule has 0 saturated heterocycles. The molecule has 0 bridgehead atoms. The van der Waals surface area contributed by atoms with Crippen molar-refractivity contribution < 1.29 is 0 Å². The van der Waals surface area contributed by atoms with Crippen LogP contribution < -0.4 is 0 Å². The third-order valence-electron chi connectivity index (χ3n) is 2.89. The quantitative estimate of drug-likeness (QED) is 0.514. The minimum atomic E-state index is 0.760. The Balaban J connectivity index is 2.31. The standard InChI is InChI=1S/C10H18/c1-7(2)9(4)10-5-8(3)6-10/h8-10H,1,5-6H2,2-4H3. The lowest BCUT2D eigenvalue weighted by atomic mass is 9.68. The zero-order valence-corrected chi connectivity index (χ0v) is 7.35. The molecule has 0 heteroatoms. The Kier molecular flexibility index (Phi) is 2.18. The van der Waals surface area contributed by atoms with Gasteiger partial charge >= 0.3 is 0 Å². The lowest BCUT2D eigenvalue weighted by Crippen LogP contribution is -2.27. The SMILES string of the molecule is C=C(C)C(C)C1CC(C)C1. The molecule has 0 radical (unpaired) electrons. The number of hydrogen-bond donors (Lipinski definition) is 0. The van der Waals surface area contributed by atoms with Crippen molar-refractivity contribution in [2.24, 2.45) is 17.8 Å². The number of hydrogen-bond acceptors (Lipinski definition) is 0. The highest BCUT2D eigenvalue weighted by molar-refractivity contribution is 4.99. The van der Waals surface area contributed by atoms with E-state index in [0.29, 0.717) is 0 Å². The van der Waals surface area contributed by atoms with Crippen LogP contribution in [0.15, 0.2) is 12.2 Å². The fourth-order valence-corrected chi connectivity index (χ4v) is 1.78. The molecule has 1 rings (SSSR count). The lowest BCUT2D eigenvalue weighted by molar-refractivity contribution is 0.165. The van der Waals surface area contributed by atoms with Crippen LogP contribution in [0.2, 0.25) is 0 Å². The van der Waals surface area contributed by atoms with E-state index in [4.69, 9.17) is 0 Å². The van der Waals surface area contributed by atoms with Crippen LogP contribution in [0.5, 0.6) is 0 Å². The maximum absolute atomic E-state index is 3.98. The summed E-state index contributed by atoms with van der Waals surface area (Å²) in [5, 5.41) is 0. The topological polar surface area (TPSA) is 0 Å². The summed E-state index contributed by atoms with van der Waals surface area (Å²) in [7, 11) is 0. The molecule has 0 aliphatic heterocycles. The first kappa shape index (κ1) is 7.84. The van der Waals surface area contributed by atoms with E-state index < -0.39 is 0 Å². The molecule has 10 heavy (non-hydrogen) atoms. The summed E-state index contributed by atoms with van der Waals surface area (Å²) in [6.07, 6.45) is 2.85. The highest BCUT2D eigenvalue weighted by atomic mass is 14.3. The zero-order valence-electron chi connectivity index (χ0n) is 7.35. The van der Waals surface area contributed by atoms with Gasteiger partial charge in [-0.15, -0.1) is 0 Å². The summed E-state index contributed by atoms with van der Waals surface area (Å²) < 4.78 is 0. The number of allylic oxidation sites excluding steroid dienone is 1. The third-order valence-corrected chi connectivity index (χ3v) is 2.89. The summed E-state index contributed by atoms with van der Waals surface area (Å²) in [4.78, 5) is 0. The van der Waals surface area contributed by atoms with Gasteiger partial charge < -0.3 is 0 Å². The molecule has 1 atom stereocenters. The van der Waals surface area contributed by atoms with Gasteiger partial charge in [0, 0.05) is 0 Å². The van der Waals surface area contributed by atoms with Crippen LogP contribution >= 0.6 is 0 Å². The Hall–Kier alpha value is -0.260. The monoisotopic (exact) mass is 138 g/mol. The highest BCUT2D eigenvalue weighted by Crippen LogP contribution is 2.40. The second-order valence-corrected chi connectivity index (χ2v) is 3.97. The van der Waals surface area contributed by atoms with Crippen LogP contribution in [0.1, 0.15) is 33.6 Å². The summed E-state index contributed by atoms with van der Waals surface area (Å²) in [6, 6.07) is 0. The van der Waals surface area contributed by atoms with Gasteiger partial charge in [-0.2, -0.15) is 0 Å². The zero-order chi connectivity index (χ0) is 7.72. The van der Waals surface area contributed by atoms with Gasteiger partial charge in [-0.05, 0) is 37.5 Å². The Morgan fingerprint density at radius 2 is 2.00 bits per heavy atom. The van der Waals surface area contributed by atoms with Gasteiger partial charge in [0.1, 0.15) is 0 Å². The van der Waals surface area contributed by atoms with Crippen LogP contribution in [0.4, 0.5) is 0 Å². The van der Waals surface area contributed by atoms with Gasteiger partial charge in [-0.1, -0.05) is 26.0 Å². The predicted octanol–water partition coefficient (Wildman–Crippen LogP) is 3.24. The highest BCUT2D eigenvalue weighted by Gasteiger charge is 2.29. The van der Waals surface area contributed by atoms with Crippen LogP contribution in [-0.2, 0) is 0 Å². The number of rotatable bonds is 2. The van der Waals surface area contributed by atoms with Crippen molar-refractivity contribution in [1.82, 2.24) is 0 Å². The van der Waals surface area contributed by atoms with E-state index in [0.717, 1.165) is 17.8 Å². The fourth-order valence-electron chi connectivity index (χ4n) is 1.78. The minimum absolute atomic E-state index is 0.760. The van der Waals surface area contributed by atoms with E-state index in [1.807, 2.05) is 0 Å². The Morgan fingerprint density at radius 3 is 2.30 bits per heavy atom. The molecule has 1 fully saturated rings. The van der Waals surface area contributed by atoms with E-state index in [2.05, 4.69) is 27.4 Å². The van der Waals surface area contributed by atoms with Crippen LogP contribution in [0.25, 0.3) is 0 Å². The van der Waals surface area contributed by atoms with Crippen molar-refractivity contribution in [1.29, 1.82) is 0 Å². The summed E-state index contributed by atoms with van der Waals surface area (Å²) >= 11 is 0. The largest absolute Gasteiger partial charge is 0.0999 e. The van der Waals surface area contributed by atoms with Gasteiger partial charge in [-0.3, -0.25) is 0 Å². The average Bonchev–Trinajstić information content (AvgIpc) is 1.79. The molecule has 0 nitrogen and oxygen atoms in total. The van der Waals surface area contributed by atoms with E-state index in [-0.39, 0.29) is 0 Å². The van der Waals surface area contributed by atoms with Crippen LogP contribution in [0, 0.1) is 17.8 Å². The van der Waals surface area contributed by atoms with Crippen molar-refractivity contribution >= 4 is 0 Å². The minimum Gasteiger partial charge on any atom is -0.0999 e. The van der Waals surface area contributed by atoms with Crippen LogP contribution in [0.3, 0.4) is 0 Å². The van der Waals surface area contributed by atoms with Gasteiger partial charge in [0.05, 0.1) is 0 Å². The molecule has 0 N–H and O–H groups in total. The Labute approximate surface area is 64.3 Å². The molecular weight excluding hydrogens is 120 g/mol. The Morgan fingerprint density at radius 1 is 1.50 bits per heavy atom. The molecule has 1 unspecified atom stereocenters. The van der Waals surface area contributed by atoms with Crippen molar-refractivity contribution in [3.63, 3.8) is 0 Å². The van der Waals surface area contributed by atoms with Crippen molar-refractivity contribution in [3.05, 3.63) is 12.2 Å². The molecular formula is C10H18. The molecule has 1 saturated carbocycles. The first-order valence-electron chi connectivity index (χ1n) is 4.26. The second-order valence-electron chi connectivity index (χ2n) is 3.97. The summed E-state index contributed by atoms with van der Waals surface area (Å²) in [5.41, 5.74) is 1.36.